The van der Waals surface area contributed by atoms with Gasteiger partial charge in [-0.25, -0.2) is 0 Å². The van der Waals surface area contributed by atoms with Crippen LogP contribution in [0.25, 0.3) is 10.1 Å². The van der Waals surface area contributed by atoms with Crippen molar-refractivity contribution in [3.63, 3.8) is 0 Å². The molecule has 1 heterocycles. The highest BCUT2D eigenvalue weighted by atomic mass is 79.9. The normalized spacial score (nSPS) is 10.6. The maximum Gasteiger partial charge on any atom is 0.131 e. The summed E-state index contributed by atoms with van der Waals surface area (Å²) in [7, 11) is 0. The molecule has 0 radical (unpaired) electrons. The monoisotopic (exact) mass is 228 g/mol. The van der Waals surface area contributed by atoms with Gasteiger partial charge in [0.15, 0.2) is 0 Å². The van der Waals surface area contributed by atoms with Gasteiger partial charge in [0, 0.05) is 0 Å². The molecule has 0 saturated carbocycles. The van der Waals surface area contributed by atoms with Crippen LogP contribution in [0, 0.1) is 0 Å². The van der Waals surface area contributed by atoms with Gasteiger partial charge in [0.1, 0.15) is 5.75 Å². The number of benzene rings is 1. The minimum Gasteiger partial charge on any atom is -0.507 e. The van der Waals surface area contributed by atoms with Crippen LogP contribution < -0.4 is 0 Å². The van der Waals surface area contributed by atoms with E-state index in [2.05, 4.69) is 15.9 Å². The summed E-state index contributed by atoms with van der Waals surface area (Å²) in [4.78, 5) is 0. The third-order valence-electron chi connectivity index (χ3n) is 1.54. The Morgan fingerprint density at radius 2 is 2.09 bits per heavy atom. The first-order chi connectivity index (χ1) is 5.29. The van der Waals surface area contributed by atoms with Crippen LogP contribution >= 0.6 is 27.3 Å². The van der Waals surface area contributed by atoms with Crippen molar-refractivity contribution >= 4 is 37.4 Å². The molecular weight excluding hydrogens is 224 g/mol. The molecule has 56 valence electrons. The molecule has 0 spiro atoms. The number of phenols is 1. The van der Waals surface area contributed by atoms with Gasteiger partial charge in [0.05, 0.1) is 9.17 Å². The summed E-state index contributed by atoms with van der Waals surface area (Å²) in [5, 5.41) is 12.5. The van der Waals surface area contributed by atoms with E-state index in [0.29, 0.717) is 5.75 Å². The van der Waals surface area contributed by atoms with Crippen molar-refractivity contribution in [2.75, 3.05) is 0 Å². The number of fused-ring (bicyclic) bond motifs is 1. The fraction of sp³-hybridized carbons (Fsp3) is 0. The molecule has 0 saturated heterocycles. The zero-order valence-electron chi connectivity index (χ0n) is 5.54. The highest BCUT2D eigenvalue weighted by Crippen LogP contribution is 2.35. The van der Waals surface area contributed by atoms with Crippen molar-refractivity contribution < 1.29 is 5.11 Å². The Morgan fingerprint density at radius 3 is 2.91 bits per heavy atom. The van der Waals surface area contributed by atoms with Gasteiger partial charge in [-0.15, -0.1) is 11.3 Å². The third-order valence-corrected chi connectivity index (χ3v) is 3.55. The number of aromatic hydroxyl groups is 1. The van der Waals surface area contributed by atoms with Gasteiger partial charge in [-0.1, -0.05) is 0 Å². The number of phenolic OH excluding ortho intramolecular Hbond substituents is 1. The molecule has 0 atom stereocenters. The highest BCUT2D eigenvalue weighted by molar-refractivity contribution is 9.10. The van der Waals surface area contributed by atoms with E-state index in [4.69, 9.17) is 0 Å². The van der Waals surface area contributed by atoms with Crippen LogP contribution in [0.2, 0.25) is 0 Å². The van der Waals surface area contributed by atoms with Crippen molar-refractivity contribution in [1.29, 1.82) is 0 Å². The highest BCUT2D eigenvalue weighted by Gasteiger charge is 2.03. The minimum absolute atomic E-state index is 0.306. The molecule has 0 aliphatic heterocycles. The van der Waals surface area contributed by atoms with Gasteiger partial charge in [-0.2, -0.15) is 0 Å². The van der Waals surface area contributed by atoms with Gasteiger partial charge in [0.25, 0.3) is 0 Å². The molecule has 0 aliphatic carbocycles. The summed E-state index contributed by atoms with van der Waals surface area (Å²) < 4.78 is 1.90. The fourth-order valence-corrected chi connectivity index (χ4v) is 2.46. The topological polar surface area (TPSA) is 20.2 Å². The lowest BCUT2D eigenvalue weighted by atomic mass is 10.2. The molecule has 11 heavy (non-hydrogen) atoms. The Kier molecular flexibility index (Phi) is 1.62. The predicted molar refractivity (Wildman–Crippen MR) is 51.2 cm³/mol. The van der Waals surface area contributed by atoms with E-state index in [9.17, 15) is 5.11 Å². The van der Waals surface area contributed by atoms with Crippen molar-refractivity contribution in [2.45, 2.75) is 0 Å². The van der Waals surface area contributed by atoms with E-state index in [1.165, 1.54) is 5.39 Å². The summed E-state index contributed by atoms with van der Waals surface area (Å²) in [6.07, 6.45) is 0. The first-order valence-electron chi connectivity index (χ1n) is 3.14. The van der Waals surface area contributed by atoms with Crippen molar-refractivity contribution in [3.05, 3.63) is 28.1 Å². The van der Waals surface area contributed by atoms with Crippen LogP contribution in [0.3, 0.4) is 0 Å². The standard InChI is InChI=1S/C8H5BrOS/c9-7-6(10)2-1-5-3-4-11-8(5)7/h1-4,10H. The number of halogens is 1. The fourth-order valence-electron chi connectivity index (χ4n) is 0.987. The number of thiophene rings is 1. The van der Waals surface area contributed by atoms with Crippen molar-refractivity contribution in [1.82, 2.24) is 0 Å². The lowest BCUT2D eigenvalue weighted by molar-refractivity contribution is 0.473. The molecule has 1 N–H and O–H groups in total. The summed E-state index contributed by atoms with van der Waals surface area (Å²) >= 11 is 4.94. The van der Waals surface area contributed by atoms with Gasteiger partial charge in [0.2, 0.25) is 0 Å². The molecule has 0 aliphatic rings. The molecule has 0 unspecified atom stereocenters. The van der Waals surface area contributed by atoms with Crippen molar-refractivity contribution in [2.24, 2.45) is 0 Å². The Labute approximate surface area is 76.4 Å². The summed E-state index contributed by atoms with van der Waals surface area (Å²) in [6, 6.07) is 5.63. The van der Waals surface area contributed by atoms with Gasteiger partial charge < -0.3 is 5.11 Å². The van der Waals surface area contributed by atoms with Crippen LogP contribution in [0.1, 0.15) is 0 Å². The largest absolute Gasteiger partial charge is 0.507 e. The van der Waals surface area contributed by atoms with E-state index in [1.807, 2.05) is 17.5 Å². The Hall–Kier alpha value is -0.540. The molecule has 1 aromatic carbocycles. The van der Waals surface area contributed by atoms with Crippen LogP contribution in [0.4, 0.5) is 0 Å². The average molecular weight is 229 g/mol. The van der Waals surface area contributed by atoms with Gasteiger partial charge in [-0.05, 0) is 44.9 Å². The van der Waals surface area contributed by atoms with Crippen LogP contribution in [0.5, 0.6) is 5.75 Å². The van der Waals surface area contributed by atoms with Crippen molar-refractivity contribution in [3.8, 4) is 5.75 Å². The molecule has 0 amide bonds. The third kappa shape index (κ3) is 1.04. The molecule has 3 heteroatoms. The first-order valence-corrected chi connectivity index (χ1v) is 4.81. The zero-order valence-corrected chi connectivity index (χ0v) is 7.95. The molecular formula is C8H5BrOS. The SMILES string of the molecule is Oc1ccc2ccsc2c1Br. The second-order valence-corrected chi connectivity index (χ2v) is 3.95. The Morgan fingerprint density at radius 1 is 1.27 bits per heavy atom. The Bertz CT molecular complexity index is 394. The minimum atomic E-state index is 0.306. The molecule has 0 fully saturated rings. The van der Waals surface area contributed by atoms with Crippen LogP contribution in [0.15, 0.2) is 28.1 Å². The van der Waals surface area contributed by atoms with E-state index < -0.39 is 0 Å². The molecule has 1 aromatic heterocycles. The Balaban J connectivity index is 2.93. The molecule has 2 aromatic rings. The maximum absolute atomic E-state index is 9.30. The summed E-state index contributed by atoms with van der Waals surface area (Å²) in [5.41, 5.74) is 0. The summed E-state index contributed by atoms with van der Waals surface area (Å²) in [6.45, 7) is 0. The van der Waals surface area contributed by atoms with Gasteiger partial charge in [-0.3, -0.25) is 0 Å². The molecule has 1 nitrogen and oxygen atoms in total. The van der Waals surface area contributed by atoms with Crippen LogP contribution in [-0.4, -0.2) is 5.11 Å². The quantitative estimate of drug-likeness (QED) is 0.734. The van der Waals surface area contributed by atoms with E-state index >= 15 is 0 Å². The maximum atomic E-state index is 9.30. The number of hydrogen-bond donors (Lipinski definition) is 1. The smallest absolute Gasteiger partial charge is 0.131 e. The summed E-state index contributed by atoms with van der Waals surface area (Å²) in [5.74, 6) is 0.306. The first kappa shape index (κ1) is 7.13. The van der Waals surface area contributed by atoms with Crippen LogP contribution in [-0.2, 0) is 0 Å². The van der Waals surface area contributed by atoms with E-state index in [1.54, 1.807) is 17.4 Å². The average Bonchev–Trinajstić information content (AvgIpc) is 2.45. The second-order valence-electron chi connectivity index (χ2n) is 2.24. The second kappa shape index (κ2) is 2.50. The van der Waals surface area contributed by atoms with E-state index in [-0.39, 0.29) is 0 Å². The molecule has 2 rings (SSSR count). The lowest BCUT2D eigenvalue weighted by Crippen LogP contribution is -1.67. The predicted octanol–water partition coefficient (Wildman–Crippen LogP) is 3.37. The number of rotatable bonds is 0. The van der Waals surface area contributed by atoms with Gasteiger partial charge >= 0.3 is 0 Å². The van der Waals surface area contributed by atoms with E-state index in [0.717, 1.165) is 9.17 Å². The number of hydrogen-bond acceptors (Lipinski definition) is 2. The molecule has 0 bridgehead atoms. The lowest BCUT2D eigenvalue weighted by Gasteiger charge is -1.96. The zero-order chi connectivity index (χ0) is 7.84.